The number of amides is 1. The van der Waals surface area contributed by atoms with Crippen LogP contribution in [0.15, 0.2) is 47.5 Å². The molecule has 0 spiro atoms. The number of hydrogen-bond donors (Lipinski definition) is 1. The number of aryl methyl sites for hydroxylation is 1. The number of methoxy groups -OCH3 is 1. The fourth-order valence-corrected chi connectivity index (χ4v) is 4.77. The standard InChI is InChI=1S/C25H21ClF3N3O3S/c1-14-5-4-6-20(35-3)23(14)32(2)24(34)17-10-16(19(26)11-21(17)36-8-7-33)18-13-31-22(25(27,28)29)9-15(18)12-30/h4-6,9-11,13,33H,7-8H2,1-3H3. The number of anilines is 1. The van der Waals surface area contributed by atoms with Crippen LogP contribution in [-0.2, 0) is 6.18 Å². The Morgan fingerprint density at radius 2 is 2.00 bits per heavy atom. The molecule has 0 fully saturated rings. The second-order valence-corrected chi connectivity index (χ2v) is 9.16. The van der Waals surface area contributed by atoms with Crippen LogP contribution in [0.25, 0.3) is 11.1 Å². The maximum atomic E-state index is 13.7. The summed E-state index contributed by atoms with van der Waals surface area (Å²) in [7, 11) is 3.06. The minimum Gasteiger partial charge on any atom is -0.495 e. The number of carbonyl (C=O) groups is 1. The lowest BCUT2D eigenvalue weighted by molar-refractivity contribution is -0.141. The molecule has 0 radical (unpaired) electrons. The number of alkyl halides is 3. The summed E-state index contributed by atoms with van der Waals surface area (Å²) in [6.07, 6.45) is -3.80. The van der Waals surface area contributed by atoms with Gasteiger partial charge in [0.15, 0.2) is 0 Å². The van der Waals surface area contributed by atoms with Crippen molar-refractivity contribution in [1.82, 2.24) is 4.98 Å². The van der Waals surface area contributed by atoms with Gasteiger partial charge in [-0.25, -0.2) is 0 Å². The van der Waals surface area contributed by atoms with Gasteiger partial charge in [0.05, 0.1) is 36.6 Å². The lowest BCUT2D eigenvalue weighted by Crippen LogP contribution is -2.28. The second-order valence-electron chi connectivity index (χ2n) is 7.61. The van der Waals surface area contributed by atoms with E-state index in [4.69, 9.17) is 16.3 Å². The monoisotopic (exact) mass is 535 g/mol. The zero-order valence-corrected chi connectivity index (χ0v) is 21.1. The van der Waals surface area contributed by atoms with Crippen LogP contribution in [0.4, 0.5) is 18.9 Å². The minimum atomic E-state index is -4.73. The molecule has 2 aromatic carbocycles. The van der Waals surface area contributed by atoms with E-state index in [1.54, 1.807) is 25.2 Å². The first-order chi connectivity index (χ1) is 17.0. The number of benzene rings is 2. The first-order valence-electron chi connectivity index (χ1n) is 10.5. The summed E-state index contributed by atoms with van der Waals surface area (Å²) in [6, 6.07) is 10.6. The quantitative estimate of drug-likeness (QED) is 0.375. The van der Waals surface area contributed by atoms with Crippen LogP contribution >= 0.6 is 23.4 Å². The van der Waals surface area contributed by atoms with Gasteiger partial charge in [0.2, 0.25) is 0 Å². The number of ether oxygens (including phenoxy) is 1. The molecular weight excluding hydrogens is 515 g/mol. The molecule has 0 aliphatic heterocycles. The highest BCUT2D eigenvalue weighted by Crippen LogP contribution is 2.39. The first kappa shape index (κ1) is 27.3. The molecule has 188 valence electrons. The Bertz CT molecular complexity index is 1340. The fraction of sp³-hybridized carbons (Fsp3) is 0.240. The molecule has 36 heavy (non-hydrogen) atoms. The summed E-state index contributed by atoms with van der Waals surface area (Å²) >= 11 is 7.66. The van der Waals surface area contributed by atoms with E-state index in [0.717, 1.165) is 11.8 Å². The number of nitriles is 1. The van der Waals surface area contributed by atoms with Gasteiger partial charge in [0, 0.05) is 40.0 Å². The van der Waals surface area contributed by atoms with Crippen molar-refractivity contribution in [1.29, 1.82) is 5.26 Å². The Labute approximate surface area is 215 Å². The Morgan fingerprint density at radius 3 is 2.61 bits per heavy atom. The van der Waals surface area contributed by atoms with E-state index in [1.807, 2.05) is 13.0 Å². The van der Waals surface area contributed by atoms with Crippen LogP contribution in [0.3, 0.4) is 0 Å². The van der Waals surface area contributed by atoms with Crippen molar-refractivity contribution in [2.75, 3.05) is 31.4 Å². The molecule has 0 aliphatic carbocycles. The number of nitrogens with zero attached hydrogens (tertiary/aromatic N) is 3. The van der Waals surface area contributed by atoms with Crippen molar-refractivity contribution < 1.29 is 27.8 Å². The second kappa shape index (κ2) is 11.2. The molecule has 1 N–H and O–H groups in total. The molecule has 3 rings (SSSR count). The van der Waals surface area contributed by atoms with E-state index >= 15 is 0 Å². The number of halogens is 4. The van der Waals surface area contributed by atoms with E-state index in [-0.39, 0.29) is 39.6 Å². The van der Waals surface area contributed by atoms with Crippen molar-refractivity contribution in [2.24, 2.45) is 0 Å². The lowest BCUT2D eigenvalue weighted by Gasteiger charge is -2.24. The zero-order chi connectivity index (χ0) is 26.6. The predicted molar refractivity (Wildman–Crippen MR) is 133 cm³/mol. The smallest absolute Gasteiger partial charge is 0.433 e. The number of hydrogen-bond acceptors (Lipinski definition) is 6. The third-order valence-corrected chi connectivity index (χ3v) is 6.66. The van der Waals surface area contributed by atoms with Gasteiger partial charge >= 0.3 is 6.18 Å². The third kappa shape index (κ3) is 5.59. The Morgan fingerprint density at radius 1 is 1.28 bits per heavy atom. The average Bonchev–Trinajstić information content (AvgIpc) is 2.85. The molecule has 0 bridgehead atoms. The fourth-order valence-electron chi connectivity index (χ4n) is 3.63. The summed E-state index contributed by atoms with van der Waals surface area (Å²) in [4.78, 5) is 19.0. The van der Waals surface area contributed by atoms with Gasteiger partial charge in [-0.15, -0.1) is 11.8 Å². The van der Waals surface area contributed by atoms with Crippen molar-refractivity contribution in [3.63, 3.8) is 0 Å². The molecule has 0 unspecified atom stereocenters. The van der Waals surface area contributed by atoms with Gasteiger partial charge in [0.1, 0.15) is 11.4 Å². The van der Waals surface area contributed by atoms with Crippen LogP contribution in [-0.4, -0.2) is 42.5 Å². The van der Waals surface area contributed by atoms with Crippen molar-refractivity contribution >= 4 is 35.0 Å². The zero-order valence-electron chi connectivity index (χ0n) is 19.5. The van der Waals surface area contributed by atoms with Crippen LogP contribution < -0.4 is 9.64 Å². The molecule has 1 amide bonds. The Kier molecular flexibility index (Phi) is 8.51. The summed E-state index contributed by atoms with van der Waals surface area (Å²) in [5.41, 5.74) is 0.232. The maximum absolute atomic E-state index is 13.7. The highest BCUT2D eigenvalue weighted by molar-refractivity contribution is 7.99. The number of rotatable bonds is 7. The van der Waals surface area contributed by atoms with E-state index < -0.39 is 17.8 Å². The van der Waals surface area contributed by atoms with Crippen LogP contribution in [0.2, 0.25) is 5.02 Å². The van der Waals surface area contributed by atoms with E-state index in [0.29, 0.717) is 22.4 Å². The average molecular weight is 536 g/mol. The third-order valence-electron chi connectivity index (χ3n) is 5.31. The number of para-hydroxylation sites is 1. The van der Waals surface area contributed by atoms with Gasteiger partial charge in [0.25, 0.3) is 5.91 Å². The van der Waals surface area contributed by atoms with Crippen molar-refractivity contribution in [3.8, 4) is 22.9 Å². The molecule has 0 saturated heterocycles. The summed E-state index contributed by atoms with van der Waals surface area (Å²) in [5, 5.41) is 18.9. The normalized spacial score (nSPS) is 11.2. The highest BCUT2D eigenvalue weighted by atomic mass is 35.5. The first-order valence-corrected chi connectivity index (χ1v) is 11.9. The van der Waals surface area contributed by atoms with Gasteiger partial charge in [-0.2, -0.15) is 18.4 Å². The number of aliphatic hydroxyl groups excluding tert-OH is 1. The number of pyridine rings is 1. The van der Waals surface area contributed by atoms with Crippen LogP contribution in [0.1, 0.15) is 27.2 Å². The van der Waals surface area contributed by atoms with Crippen molar-refractivity contribution in [3.05, 3.63) is 70.0 Å². The van der Waals surface area contributed by atoms with E-state index in [9.17, 15) is 28.3 Å². The topological polar surface area (TPSA) is 86.5 Å². The molecule has 11 heteroatoms. The van der Waals surface area contributed by atoms with Crippen LogP contribution in [0, 0.1) is 18.3 Å². The van der Waals surface area contributed by atoms with Crippen LogP contribution in [0.5, 0.6) is 5.75 Å². The largest absolute Gasteiger partial charge is 0.495 e. The summed E-state index contributed by atoms with van der Waals surface area (Å²) in [6.45, 7) is 1.67. The maximum Gasteiger partial charge on any atom is 0.433 e. The molecule has 6 nitrogen and oxygen atoms in total. The molecule has 0 aliphatic rings. The minimum absolute atomic E-state index is 0.0550. The number of carbonyl (C=O) groups excluding carboxylic acids is 1. The molecule has 0 atom stereocenters. The molecule has 1 aromatic heterocycles. The Hall–Kier alpha value is -3.26. The Balaban J connectivity index is 2.19. The number of aromatic nitrogens is 1. The van der Waals surface area contributed by atoms with Gasteiger partial charge < -0.3 is 14.7 Å². The van der Waals surface area contributed by atoms with Gasteiger partial charge in [-0.05, 0) is 36.8 Å². The molecule has 3 aromatic rings. The van der Waals surface area contributed by atoms with E-state index in [1.165, 1.54) is 35.9 Å². The lowest BCUT2D eigenvalue weighted by atomic mass is 9.99. The summed E-state index contributed by atoms with van der Waals surface area (Å²) in [5.74, 6) is 0.307. The van der Waals surface area contributed by atoms with Gasteiger partial charge in [-0.3, -0.25) is 9.78 Å². The van der Waals surface area contributed by atoms with Gasteiger partial charge in [-0.1, -0.05) is 23.7 Å². The molecule has 0 saturated carbocycles. The number of aliphatic hydroxyl groups is 1. The summed E-state index contributed by atoms with van der Waals surface area (Å²) < 4.78 is 44.8. The van der Waals surface area contributed by atoms with Crippen molar-refractivity contribution in [2.45, 2.75) is 18.0 Å². The van der Waals surface area contributed by atoms with E-state index in [2.05, 4.69) is 4.98 Å². The molecule has 1 heterocycles. The highest BCUT2D eigenvalue weighted by Gasteiger charge is 2.33. The predicted octanol–water partition coefficient (Wildman–Crippen LogP) is 5.97. The molecular formula is C25H21ClF3N3O3S. The SMILES string of the molecule is COc1cccc(C)c1N(C)C(=O)c1cc(-c2cnc(C(F)(F)F)cc2C#N)c(Cl)cc1SCCO. The number of thioether (sulfide) groups is 1.